The van der Waals surface area contributed by atoms with Crippen LogP contribution in [0.3, 0.4) is 0 Å². The van der Waals surface area contributed by atoms with Crippen LogP contribution in [0.5, 0.6) is 0 Å². The number of nitrogen functional groups attached to an aromatic ring is 1. The Labute approximate surface area is 89.1 Å². The predicted octanol–water partition coefficient (Wildman–Crippen LogP) is 3.03. The number of pyridine rings is 1. The molecule has 0 atom stereocenters. The van der Waals surface area contributed by atoms with Gasteiger partial charge in [0, 0.05) is 9.86 Å². The number of fused-ring (bicyclic) bond motifs is 1. The monoisotopic (exact) mass is 254 g/mol. The number of aromatic nitrogens is 1. The second kappa shape index (κ2) is 3.20. The number of halogens is 2. The van der Waals surface area contributed by atoms with Gasteiger partial charge < -0.3 is 5.73 Å². The molecule has 2 nitrogen and oxygen atoms in total. The van der Waals surface area contributed by atoms with Gasteiger partial charge >= 0.3 is 0 Å². The van der Waals surface area contributed by atoms with E-state index in [1.807, 2.05) is 13.0 Å². The Morgan fingerprint density at radius 1 is 1.36 bits per heavy atom. The molecule has 0 aliphatic rings. The average Bonchev–Trinajstić information content (AvgIpc) is 2.08. The molecule has 2 aromatic rings. The molecule has 0 radical (unpaired) electrons. The van der Waals surface area contributed by atoms with Gasteiger partial charge in [0.15, 0.2) is 0 Å². The van der Waals surface area contributed by atoms with Crippen LogP contribution in [0.15, 0.2) is 22.7 Å². The van der Waals surface area contributed by atoms with Crippen molar-refractivity contribution < 1.29 is 4.39 Å². The van der Waals surface area contributed by atoms with Crippen molar-refractivity contribution in [3.8, 4) is 0 Å². The number of nitrogens with two attached hydrogens (primary N) is 1. The molecule has 1 heterocycles. The van der Waals surface area contributed by atoms with Gasteiger partial charge in [-0.25, -0.2) is 9.37 Å². The molecule has 2 rings (SSSR count). The molecule has 1 aromatic heterocycles. The highest BCUT2D eigenvalue weighted by atomic mass is 79.9. The molecular formula is C10H8BrFN2. The topological polar surface area (TPSA) is 38.9 Å². The maximum absolute atomic E-state index is 13.0. The van der Waals surface area contributed by atoms with Gasteiger partial charge in [0.05, 0.1) is 5.52 Å². The Kier molecular flexibility index (Phi) is 2.15. The number of benzene rings is 1. The van der Waals surface area contributed by atoms with Gasteiger partial charge in [-0.2, -0.15) is 0 Å². The van der Waals surface area contributed by atoms with Crippen LogP contribution in [0.4, 0.5) is 10.2 Å². The first-order valence-corrected chi connectivity index (χ1v) is 4.89. The maximum atomic E-state index is 13.0. The Hall–Kier alpha value is -1.16. The minimum atomic E-state index is -0.282. The summed E-state index contributed by atoms with van der Waals surface area (Å²) in [6.07, 6.45) is 0. The van der Waals surface area contributed by atoms with Crippen LogP contribution in [0, 0.1) is 12.7 Å². The van der Waals surface area contributed by atoms with E-state index in [1.54, 1.807) is 0 Å². The fourth-order valence-electron chi connectivity index (χ4n) is 1.33. The van der Waals surface area contributed by atoms with Crippen molar-refractivity contribution in [3.63, 3.8) is 0 Å². The lowest BCUT2D eigenvalue weighted by Crippen LogP contribution is -1.95. The van der Waals surface area contributed by atoms with Crippen molar-refractivity contribution in [3.05, 3.63) is 34.1 Å². The van der Waals surface area contributed by atoms with Crippen LogP contribution in [0.2, 0.25) is 0 Å². The zero-order chi connectivity index (χ0) is 10.3. The van der Waals surface area contributed by atoms with E-state index in [0.29, 0.717) is 15.8 Å². The second-order valence-corrected chi connectivity index (χ2v) is 4.00. The van der Waals surface area contributed by atoms with Crippen molar-refractivity contribution in [1.82, 2.24) is 4.98 Å². The summed E-state index contributed by atoms with van der Waals surface area (Å²) in [7, 11) is 0. The minimum absolute atomic E-state index is 0.282. The van der Waals surface area contributed by atoms with E-state index in [1.165, 1.54) is 12.1 Å². The fraction of sp³-hybridized carbons (Fsp3) is 0.100. The van der Waals surface area contributed by atoms with Crippen LogP contribution >= 0.6 is 15.9 Å². The highest BCUT2D eigenvalue weighted by molar-refractivity contribution is 9.10. The smallest absolute Gasteiger partial charge is 0.127 e. The molecule has 0 bridgehead atoms. The summed E-state index contributed by atoms with van der Waals surface area (Å²) >= 11 is 3.25. The Balaban J connectivity index is 2.89. The van der Waals surface area contributed by atoms with E-state index in [0.717, 1.165) is 10.9 Å². The number of hydrogen-bond acceptors (Lipinski definition) is 2. The summed E-state index contributed by atoms with van der Waals surface area (Å²) in [4.78, 5) is 4.18. The second-order valence-electron chi connectivity index (χ2n) is 3.15. The fourth-order valence-corrected chi connectivity index (χ4v) is 1.87. The van der Waals surface area contributed by atoms with E-state index >= 15 is 0 Å². The van der Waals surface area contributed by atoms with Crippen molar-refractivity contribution in [2.75, 3.05) is 5.73 Å². The first-order valence-electron chi connectivity index (χ1n) is 4.10. The molecule has 0 saturated carbocycles. The quantitative estimate of drug-likeness (QED) is 0.785. The summed E-state index contributed by atoms with van der Waals surface area (Å²) in [6, 6.07) is 4.65. The van der Waals surface area contributed by atoms with Gasteiger partial charge in [-0.15, -0.1) is 0 Å². The molecule has 0 aliphatic heterocycles. The number of hydrogen-bond donors (Lipinski definition) is 1. The Bertz CT molecular complexity index is 511. The van der Waals surface area contributed by atoms with Crippen molar-refractivity contribution >= 4 is 32.7 Å². The van der Waals surface area contributed by atoms with E-state index < -0.39 is 0 Å². The molecule has 0 unspecified atom stereocenters. The summed E-state index contributed by atoms with van der Waals surface area (Å²) in [6.45, 7) is 1.85. The van der Waals surface area contributed by atoms with E-state index in [2.05, 4.69) is 20.9 Å². The standard InChI is InChI=1S/C10H8BrFN2/c1-5-2-6-3-7(12)4-8(11)9(6)14-10(5)13/h2-4H,1H3,(H2,13,14). The lowest BCUT2D eigenvalue weighted by molar-refractivity contribution is 0.629. The van der Waals surface area contributed by atoms with Crippen molar-refractivity contribution in [1.29, 1.82) is 0 Å². The highest BCUT2D eigenvalue weighted by Crippen LogP contribution is 2.26. The highest BCUT2D eigenvalue weighted by Gasteiger charge is 2.05. The third kappa shape index (κ3) is 1.46. The summed E-state index contributed by atoms with van der Waals surface area (Å²) in [5.74, 6) is 0.195. The molecule has 0 spiro atoms. The van der Waals surface area contributed by atoms with Crippen LogP contribution < -0.4 is 5.73 Å². The Morgan fingerprint density at radius 2 is 2.07 bits per heavy atom. The van der Waals surface area contributed by atoms with Crippen molar-refractivity contribution in [2.24, 2.45) is 0 Å². The van der Waals surface area contributed by atoms with Gasteiger partial charge in [0.2, 0.25) is 0 Å². The van der Waals surface area contributed by atoms with Gasteiger partial charge in [0.25, 0.3) is 0 Å². The van der Waals surface area contributed by atoms with Gasteiger partial charge in [-0.1, -0.05) is 0 Å². The molecule has 4 heteroatoms. The van der Waals surface area contributed by atoms with Crippen molar-refractivity contribution in [2.45, 2.75) is 6.92 Å². The van der Waals surface area contributed by atoms with Crippen LogP contribution in [0.25, 0.3) is 10.9 Å². The van der Waals surface area contributed by atoms with Gasteiger partial charge in [0.1, 0.15) is 11.6 Å². The largest absolute Gasteiger partial charge is 0.383 e. The van der Waals surface area contributed by atoms with E-state index in [4.69, 9.17) is 5.73 Å². The lowest BCUT2D eigenvalue weighted by Gasteiger charge is -2.04. The zero-order valence-corrected chi connectivity index (χ0v) is 9.10. The third-order valence-corrected chi connectivity index (χ3v) is 2.67. The van der Waals surface area contributed by atoms with Crippen LogP contribution in [-0.4, -0.2) is 4.98 Å². The number of aryl methyl sites for hydroxylation is 1. The molecule has 14 heavy (non-hydrogen) atoms. The van der Waals surface area contributed by atoms with E-state index in [9.17, 15) is 4.39 Å². The molecule has 72 valence electrons. The van der Waals surface area contributed by atoms with Gasteiger partial charge in [-0.3, -0.25) is 0 Å². The molecule has 0 amide bonds. The minimum Gasteiger partial charge on any atom is -0.383 e. The molecule has 0 fully saturated rings. The predicted molar refractivity (Wildman–Crippen MR) is 58.6 cm³/mol. The lowest BCUT2D eigenvalue weighted by atomic mass is 10.1. The molecule has 0 saturated heterocycles. The maximum Gasteiger partial charge on any atom is 0.127 e. The molecule has 0 aliphatic carbocycles. The number of anilines is 1. The summed E-state index contributed by atoms with van der Waals surface area (Å²) < 4.78 is 13.7. The van der Waals surface area contributed by atoms with E-state index in [-0.39, 0.29) is 5.82 Å². The van der Waals surface area contributed by atoms with Gasteiger partial charge in [-0.05, 0) is 46.6 Å². The third-order valence-electron chi connectivity index (χ3n) is 2.07. The molecular weight excluding hydrogens is 247 g/mol. The first-order chi connectivity index (χ1) is 6.58. The first kappa shape index (κ1) is 9.40. The molecule has 1 aromatic carbocycles. The average molecular weight is 255 g/mol. The molecule has 2 N–H and O–H groups in total. The number of nitrogens with zero attached hydrogens (tertiary/aromatic N) is 1. The number of rotatable bonds is 0. The Morgan fingerprint density at radius 3 is 2.79 bits per heavy atom. The summed E-state index contributed by atoms with van der Waals surface area (Å²) in [5, 5.41) is 0.753. The SMILES string of the molecule is Cc1cc2cc(F)cc(Br)c2nc1N. The van der Waals surface area contributed by atoms with Crippen LogP contribution in [0.1, 0.15) is 5.56 Å². The van der Waals surface area contributed by atoms with Crippen LogP contribution in [-0.2, 0) is 0 Å². The summed E-state index contributed by atoms with van der Waals surface area (Å²) in [5.41, 5.74) is 7.21. The normalized spacial score (nSPS) is 10.8. The zero-order valence-electron chi connectivity index (χ0n) is 7.51.